The second-order valence-electron chi connectivity index (χ2n) is 5.98. The zero-order chi connectivity index (χ0) is 19.2. The number of benzene rings is 1. The third kappa shape index (κ3) is 4.50. The van der Waals surface area contributed by atoms with E-state index < -0.39 is 0 Å². The fourth-order valence-corrected chi connectivity index (χ4v) is 2.42. The molecule has 1 atom stereocenters. The van der Waals surface area contributed by atoms with Gasteiger partial charge >= 0.3 is 0 Å². The molecule has 7 heteroatoms. The van der Waals surface area contributed by atoms with E-state index in [-0.39, 0.29) is 18.6 Å². The number of ether oxygens (including phenoxy) is 1. The molecule has 2 heterocycles. The van der Waals surface area contributed by atoms with Crippen LogP contribution in [0.15, 0.2) is 42.6 Å². The van der Waals surface area contributed by atoms with Crippen molar-refractivity contribution in [2.45, 2.75) is 19.9 Å². The summed E-state index contributed by atoms with van der Waals surface area (Å²) in [5.74, 6) is 3.82. The molecule has 0 aliphatic rings. The molecule has 1 amide bonds. The van der Waals surface area contributed by atoms with Crippen molar-refractivity contribution in [3.63, 3.8) is 0 Å². The normalized spacial score (nSPS) is 11.4. The van der Waals surface area contributed by atoms with Gasteiger partial charge in [-0.25, -0.2) is 4.98 Å². The Morgan fingerprint density at radius 3 is 2.81 bits per heavy atom. The Kier molecular flexibility index (Phi) is 5.47. The zero-order valence-corrected chi connectivity index (χ0v) is 15.1. The monoisotopic (exact) mass is 361 g/mol. The van der Waals surface area contributed by atoms with E-state index in [2.05, 4.69) is 31.4 Å². The molecule has 0 radical (unpaired) electrons. The molecule has 136 valence electrons. The summed E-state index contributed by atoms with van der Waals surface area (Å²) in [5.41, 5.74) is 2.26. The fraction of sp³-hybridized carbons (Fsp3) is 0.200. The van der Waals surface area contributed by atoms with Crippen molar-refractivity contribution in [2.24, 2.45) is 0 Å². The van der Waals surface area contributed by atoms with Gasteiger partial charge in [-0.05, 0) is 55.8 Å². The average Bonchev–Trinajstić information content (AvgIpc) is 3.17. The van der Waals surface area contributed by atoms with Gasteiger partial charge in [-0.2, -0.15) is 5.10 Å². The number of terminal acetylenes is 1. The van der Waals surface area contributed by atoms with Crippen LogP contribution in [0.2, 0.25) is 0 Å². The number of aryl methyl sites for hydroxylation is 1. The second-order valence-corrected chi connectivity index (χ2v) is 5.98. The summed E-state index contributed by atoms with van der Waals surface area (Å²) in [6.07, 6.45) is 6.86. The highest BCUT2D eigenvalue weighted by Crippen LogP contribution is 2.17. The third-order valence-electron chi connectivity index (χ3n) is 3.84. The second kappa shape index (κ2) is 8.15. The van der Waals surface area contributed by atoms with E-state index in [0.717, 1.165) is 5.56 Å². The van der Waals surface area contributed by atoms with E-state index in [1.807, 2.05) is 26.0 Å². The van der Waals surface area contributed by atoms with Crippen LogP contribution in [0.25, 0.3) is 11.5 Å². The van der Waals surface area contributed by atoms with E-state index in [1.54, 1.807) is 30.5 Å². The van der Waals surface area contributed by atoms with Gasteiger partial charge in [0.2, 0.25) is 0 Å². The average molecular weight is 361 g/mol. The Hall–Kier alpha value is -3.66. The number of nitrogens with one attached hydrogen (secondary N) is 2. The van der Waals surface area contributed by atoms with Gasteiger partial charge in [-0.1, -0.05) is 5.92 Å². The predicted molar refractivity (Wildman–Crippen MR) is 101 cm³/mol. The highest BCUT2D eigenvalue weighted by molar-refractivity contribution is 5.94. The molecule has 1 aromatic carbocycles. The van der Waals surface area contributed by atoms with Crippen molar-refractivity contribution < 1.29 is 9.53 Å². The molecule has 0 spiro atoms. The highest BCUT2D eigenvalue weighted by atomic mass is 16.5. The van der Waals surface area contributed by atoms with Gasteiger partial charge < -0.3 is 10.1 Å². The highest BCUT2D eigenvalue weighted by Gasteiger charge is 2.16. The SMILES string of the molecule is C#CCOc1ccc(C(=O)N[C@H](C)c2nc(-c3cc(C)ccn3)n[nH]2)cc1. The Bertz CT molecular complexity index is 973. The topological polar surface area (TPSA) is 92.8 Å². The summed E-state index contributed by atoms with van der Waals surface area (Å²) in [5, 5.41) is 9.93. The summed E-state index contributed by atoms with van der Waals surface area (Å²) in [6, 6.07) is 10.2. The number of carbonyl (C=O) groups is 1. The van der Waals surface area contributed by atoms with Gasteiger partial charge in [-0.15, -0.1) is 6.42 Å². The van der Waals surface area contributed by atoms with Crippen molar-refractivity contribution in [1.82, 2.24) is 25.5 Å². The third-order valence-corrected chi connectivity index (χ3v) is 3.84. The maximum absolute atomic E-state index is 12.4. The number of aromatic nitrogens is 4. The summed E-state index contributed by atoms with van der Waals surface area (Å²) < 4.78 is 5.30. The van der Waals surface area contributed by atoms with Crippen molar-refractivity contribution in [3.05, 3.63) is 59.5 Å². The van der Waals surface area contributed by atoms with Crippen LogP contribution in [0.5, 0.6) is 5.75 Å². The minimum absolute atomic E-state index is 0.187. The van der Waals surface area contributed by atoms with Crippen LogP contribution in [-0.4, -0.2) is 32.7 Å². The van der Waals surface area contributed by atoms with Gasteiger partial charge in [0.25, 0.3) is 5.91 Å². The number of carbonyl (C=O) groups excluding carboxylic acids is 1. The molecule has 0 fully saturated rings. The first-order valence-corrected chi connectivity index (χ1v) is 8.39. The summed E-state index contributed by atoms with van der Waals surface area (Å²) in [4.78, 5) is 21.1. The lowest BCUT2D eigenvalue weighted by molar-refractivity contribution is 0.0938. The number of H-pyrrole nitrogens is 1. The minimum Gasteiger partial charge on any atom is -0.481 e. The number of aromatic amines is 1. The number of hydrogen-bond acceptors (Lipinski definition) is 5. The van der Waals surface area contributed by atoms with Gasteiger partial charge in [0.05, 0.1) is 6.04 Å². The molecule has 2 aromatic heterocycles. The van der Waals surface area contributed by atoms with Gasteiger partial charge in [0, 0.05) is 11.8 Å². The molecule has 0 bridgehead atoms. The zero-order valence-electron chi connectivity index (χ0n) is 15.1. The number of rotatable bonds is 6. The molecule has 0 saturated carbocycles. The van der Waals surface area contributed by atoms with Gasteiger partial charge in [-0.3, -0.25) is 14.9 Å². The Morgan fingerprint density at radius 2 is 2.11 bits per heavy atom. The minimum atomic E-state index is -0.346. The van der Waals surface area contributed by atoms with Crippen LogP contribution in [0, 0.1) is 19.3 Å². The van der Waals surface area contributed by atoms with E-state index in [9.17, 15) is 4.79 Å². The van der Waals surface area contributed by atoms with E-state index >= 15 is 0 Å². The van der Waals surface area contributed by atoms with Gasteiger partial charge in [0.15, 0.2) is 5.82 Å². The van der Waals surface area contributed by atoms with Crippen LogP contribution in [-0.2, 0) is 0 Å². The number of amides is 1. The van der Waals surface area contributed by atoms with Crippen LogP contribution >= 0.6 is 0 Å². The van der Waals surface area contributed by atoms with Gasteiger partial charge in [0.1, 0.15) is 23.9 Å². The standard InChI is InChI=1S/C20H19N5O2/c1-4-11-27-16-7-5-15(6-8-16)20(26)22-14(3)18-23-19(25-24-18)17-12-13(2)9-10-21-17/h1,5-10,12,14H,11H2,2-3H3,(H,22,26)(H,23,24,25)/t14-/m1/s1. The first kappa shape index (κ1) is 18.1. The summed E-state index contributed by atoms with van der Waals surface area (Å²) >= 11 is 0. The van der Waals surface area contributed by atoms with Crippen LogP contribution in [0.4, 0.5) is 0 Å². The molecule has 3 rings (SSSR count). The molecule has 27 heavy (non-hydrogen) atoms. The van der Waals surface area contributed by atoms with E-state index in [4.69, 9.17) is 11.2 Å². The maximum Gasteiger partial charge on any atom is 0.251 e. The lowest BCUT2D eigenvalue weighted by Gasteiger charge is -2.11. The van der Waals surface area contributed by atoms with E-state index in [0.29, 0.717) is 28.7 Å². The summed E-state index contributed by atoms with van der Waals surface area (Å²) in [6.45, 7) is 3.99. The van der Waals surface area contributed by atoms with Crippen molar-refractivity contribution in [2.75, 3.05) is 6.61 Å². The molecule has 0 aliphatic carbocycles. The smallest absolute Gasteiger partial charge is 0.251 e. The molecule has 2 N–H and O–H groups in total. The maximum atomic E-state index is 12.4. The first-order chi connectivity index (χ1) is 13.1. The van der Waals surface area contributed by atoms with Crippen LogP contribution in [0.1, 0.15) is 34.7 Å². The van der Waals surface area contributed by atoms with Crippen molar-refractivity contribution in [1.29, 1.82) is 0 Å². The predicted octanol–water partition coefficient (Wildman–Crippen LogP) is 2.68. The van der Waals surface area contributed by atoms with E-state index in [1.165, 1.54) is 0 Å². The Balaban J connectivity index is 1.66. The largest absolute Gasteiger partial charge is 0.481 e. The molecule has 0 aliphatic heterocycles. The van der Waals surface area contributed by atoms with Crippen LogP contribution in [0.3, 0.4) is 0 Å². The number of hydrogen-bond donors (Lipinski definition) is 2. The number of nitrogens with zero attached hydrogens (tertiary/aromatic N) is 3. The van der Waals surface area contributed by atoms with Crippen molar-refractivity contribution >= 4 is 5.91 Å². The molecule has 7 nitrogen and oxygen atoms in total. The lowest BCUT2D eigenvalue weighted by atomic mass is 10.2. The molecule has 0 saturated heterocycles. The Morgan fingerprint density at radius 1 is 1.33 bits per heavy atom. The summed E-state index contributed by atoms with van der Waals surface area (Å²) in [7, 11) is 0. The molecule has 3 aromatic rings. The quantitative estimate of drug-likeness (QED) is 0.659. The fourth-order valence-electron chi connectivity index (χ4n) is 2.42. The first-order valence-electron chi connectivity index (χ1n) is 8.39. The Labute approximate surface area is 157 Å². The lowest BCUT2D eigenvalue weighted by Crippen LogP contribution is -2.27. The number of pyridine rings is 1. The molecule has 0 unspecified atom stereocenters. The molecular formula is C20H19N5O2. The molecular weight excluding hydrogens is 342 g/mol. The van der Waals surface area contributed by atoms with Crippen LogP contribution < -0.4 is 10.1 Å². The van der Waals surface area contributed by atoms with Crippen molar-refractivity contribution in [3.8, 4) is 29.6 Å².